The minimum Gasteiger partial charge on any atom is -0.369 e. The van der Waals surface area contributed by atoms with E-state index < -0.39 is 10.8 Å². The molecule has 1 amide bonds. The third kappa shape index (κ3) is 4.13. The molecule has 0 unspecified atom stereocenters. The van der Waals surface area contributed by atoms with Crippen LogP contribution in [0.25, 0.3) is 0 Å². The van der Waals surface area contributed by atoms with E-state index >= 15 is 0 Å². The molecule has 1 aliphatic heterocycles. The number of nitro groups is 1. The molecule has 0 bridgehead atoms. The molecule has 2 aromatic carbocycles. The number of nitrogens with zero attached hydrogens (tertiary/aromatic N) is 3. The molecule has 1 aliphatic rings. The Kier molecular flexibility index (Phi) is 5.42. The van der Waals surface area contributed by atoms with E-state index in [0.717, 1.165) is 17.5 Å². The van der Waals surface area contributed by atoms with Crippen LogP contribution in [0.2, 0.25) is 0 Å². The van der Waals surface area contributed by atoms with Gasteiger partial charge in [0.2, 0.25) is 0 Å². The van der Waals surface area contributed by atoms with Crippen LogP contribution in [0.3, 0.4) is 0 Å². The summed E-state index contributed by atoms with van der Waals surface area (Å²) in [5.41, 5.74) is 7.39. The van der Waals surface area contributed by atoms with Gasteiger partial charge in [0, 0.05) is 36.0 Å². The highest BCUT2D eigenvalue weighted by Crippen LogP contribution is 2.43. The molecular weight excluding hydrogens is 368 g/mol. The molecule has 0 spiro atoms. The number of rotatable bonds is 4. The van der Waals surface area contributed by atoms with Crippen LogP contribution in [-0.2, 0) is 0 Å². The Balaban J connectivity index is 1.77. The fourth-order valence-electron chi connectivity index (χ4n) is 3.83. The Bertz CT molecular complexity index is 980. The minimum absolute atomic E-state index is 0.0583. The SMILES string of the molecule is Cc1cc2c(cc1/C=N\NC(=O)c1ccc([N+](=O)[O-])cc1)[C@H](C)CC(C)(C)N2C. The predicted molar refractivity (Wildman–Crippen MR) is 115 cm³/mol. The first-order valence-corrected chi connectivity index (χ1v) is 9.56. The lowest BCUT2D eigenvalue weighted by molar-refractivity contribution is -0.384. The molecule has 0 aromatic heterocycles. The number of hydrogen-bond acceptors (Lipinski definition) is 5. The summed E-state index contributed by atoms with van der Waals surface area (Å²) in [6.07, 6.45) is 2.71. The number of carbonyl (C=O) groups is 1. The average Bonchev–Trinajstić information content (AvgIpc) is 2.66. The summed E-state index contributed by atoms with van der Waals surface area (Å²) in [6, 6.07) is 9.73. The quantitative estimate of drug-likeness (QED) is 0.473. The zero-order chi connectivity index (χ0) is 21.3. The van der Waals surface area contributed by atoms with Crippen molar-refractivity contribution in [3.05, 3.63) is 68.8 Å². The molecule has 1 atom stereocenters. The number of hydrogen-bond donors (Lipinski definition) is 1. The van der Waals surface area contributed by atoms with Crippen molar-refractivity contribution >= 4 is 23.5 Å². The van der Waals surface area contributed by atoms with Crippen LogP contribution in [0.5, 0.6) is 0 Å². The van der Waals surface area contributed by atoms with Gasteiger partial charge in [0.1, 0.15) is 0 Å². The summed E-state index contributed by atoms with van der Waals surface area (Å²) >= 11 is 0. The largest absolute Gasteiger partial charge is 0.369 e. The number of benzene rings is 2. The standard InChI is InChI=1S/C22H26N4O3/c1-14-10-20-19(15(2)12-22(3,4)25(20)5)11-17(14)13-23-24-21(27)16-6-8-18(9-7-16)26(28)29/h6-11,13,15H,12H2,1-5H3,(H,24,27)/b23-13-/t15-/m1/s1. The van der Waals surface area contributed by atoms with E-state index in [0.29, 0.717) is 11.5 Å². The number of carbonyl (C=O) groups excluding carboxylic acids is 1. The summed E-state index contributed by atoms with van der Waals surface area (Å²) in [7, 11) is 2.13. The van der Waals surface area contributed by atoms with Crippen LogP contribution >= 0.6 is 0 Å². The minimum atomic E-state index is -0.502. The van der Waals surface area contributed by atoms with E-state index in [1.165, 1.54) is 35.5 Å². The van der Waals surface area contributed by atoms with Gasteiger partial charge in [-0.05, 0) is 74.1 Å². The van der Waals surface area contributed by atoms with Crippen LogP contribution in [0, 0.1) is 17.0 Å². The molecule has 0 saturated carbocycles. The molecule has 29 heavy (non-hydrogen) atoms. The highest BCUT2D eigenvalue weighted by molar-refractivity contribution is 5.95. The molecule has 1 N–H and O–H groups in total. The van der Waals surface area contributed by atoms with Crippen molar-refractivity contribution < 1.29 is 9.72 Å². The van der Waals surface area contributed by atoms with E-state index in [1.54, 1.807) is 6.21 Å². The zero-order valence-electron chi connectivity index (χ0n) is 17.4. The molecule has 0 fully saturated rings. The van der Waals surface area contributed by atoms with Crippen molar-refractivity contribution in [3.8, 4) is 0 Å². The van der Waals surface area contributed by atoms with Gasteiger partial charge in [-0.1, -0.05) is 6.92 Å². The molecule has 0 radical (unpaired) electrons. The molecule has 1 heterocycles. The lowest BCUT2D eigenvalue weighted by atomic mass is 9.79. The number of non-ortho nitro benzene ring substituents is 1. The maximum atomic E-state index is 12.2. The molecule has 152 valence electrons. The van der Waals surface area contributed by atoms with Crippen LogP contribution in [0.1, 0.15) is 60.2 Å². The third-order valence-electron chi connectivity index (χ3n) is 5.73. The first-order valence-electron chi connectivity index (χ1n) is 9.56. The molecular formula is C22H26N4O3. The van der Waals surface area contributed by atoms with Crippen molar-refractivity contribution in [1.29, 1.82) is 0 Å². The lowest BCUT2D eigenvalue weighted by Crippen LogP contribution is -2.45. The van der Waals surface area contributed by atoms with Gasteiger partial charge in [-0.25, -0.2) is 5.43 Å². The van der Waals surface area contributed by atoms with E-state index in [9.17, 15) is 14.9 Å². The van der Waals surface area contributed by atoms with Crippen LogP contribution < -0.4 is 10.3 Å². The van der Waals surface area contributed by atoms with E-state index in [4.69, 9.17) is 0 Å². The highest BCUT2D eigenvalue weighted by Gasteiger charge is 2.34. The zero-order valence-corrected chi connectivity index (χ0v) is 17.4. The summed E-state index contributed by atoms with van der Waals surface area (Å²) in [5, 5.41) is 14.8. The van der Waals surface area contributed by atoms with Gasteiger partial charge < -0.3 is 4.90 Å². The lowest BCUT2D eigenvalue weighted by Gasteiger charge is -2.45. The molecule has 0 aliphatic carbocycles. The van der Waals surface area contributed by atoms with E-state index in [-0.39, 0.29) is 11.2 Å². The third-order valence-corrected chi connectivity index (χ3v) is 5.73. The van der Waals surface area contributed by atoms with Gasteiger partial charge in [-0.3, -0.25) is 14.9 Å². The number of hydrazone groups is 1. The Morgan fingerprint density at radius 1 is 1.31 bits per heavy atom. The number of nitrogens with one attached hydrogen (secondary N) is 1. The van der Waals surface area contributed by atoms with Crippen LogP contribution in [0.15, 0.2) is 41.5 Å². The highest BCUT2D eigenvalue weighted by atomic mass is 16.6. The number of anilines is 1. The van der Waals surface area contributed by atoms with Gasteiger partial charge >= 0.3 is 0 Å². The van der Waals surface area contributed by atoms with Crippen LogP contribution in [-0.4, -0.2) is 29.6 Å². The van der Waals surface area contributed by atoms with Gasteiger partial charge in [0.05, 0.1) is 11.1 Å². The number of amides is 1. The monoisotopic (exact) mass is 394 g/mol. The first kappa shape index (κ1) is 20.5. The average molecular weight is 394 g/mol. The Labute approximate surface area is 170 Å². The van der Waals surface area contributed by atoms with Crippen molar-refractivity contribution in [3.63, 3.8) is 0 Å². The summed E-state index contributed by atoms with van der Waals surface area (Å²) in [4.78, 5) is 24.7. The van der Waals surface area contributed by atoms with Gasteiger partial charge in [0.15, 0.2) is 0 Å². The fourth-order valence-corrected chi connectivity index (χ4v) is 3.83. The van der Waals surface area contributed by atoms with E-state index in [2.05, 4.69) is 55.4 Å². The fraction of sp³-hybridized carbons (Fsp3) is 0.364. The maximum absolute atomic E-state index is 12.2. The first-order chi connectivity index (χ1) is 13.6. The molecule has 7 heteroatoms. The Hall–Kier alpha value is -3.22. The molecule has 3 rings (SSSR count). The van der Waals surface area contributed by atoms with E-state index in [1.807, 2.05) is 6.92 Å². The Morgan fingerprint density at radius 2 is 1.97 bits per heavy atom. The summed E-state index contributed by atoms with van der Waals surface area (Å²) in [5.74, 6) is 0.0141. The molecule has 0 saturated heterocycles. The second-order valence-electron chi connectivity index (χ2n) is 8.25. The second-order valence-corrected chi connectivity index (χ2v) is 8.25. The normalized spacial score (nSPS) is 17.8. The van der Waals surface area contributed by atoms with Gasteiger partial charge in [0.25, 0.3) is 11.6 Å². The van der Waals surface area contributed by atoms with Crippen molar-refractivity contribution in [1.82, 2.24) is 5.43 Å². The molecule has 7 nitrogen and oxygen atoms in total. The van der Waals surface area contributed by atoms with Crippen LogP contribution in [0.4, 0.5) is 11.4 Å². The number of aryl methyl sites for hydroxylation is 1. The maximum Gasteiger partial charge on any atom is 0.271 e. The molecule has 2 aromatic rings. The number of fused-ring (bicyclic) bond motifs is 1. The Morgan fingerprint density at radius 3 is 2.59 bits per heavy atom. The summed E-state index contributed by atoms with van der Waals surface area (Å²) < 4.78 is 0. The van der Waals surface area contributed by atoms with Crippen molar-refractivity contribution in [2.75, 3.05) is 11.9 Å². The second kappa shape index (κ2) is 7.66. The van der Waals surface area contributed by atoms with Gasteiger partial charge in [-0.2, -0.15) is 5.10 Å². The number of nitro benzene ring substituents is 1. The summed E-state index contributed by atoms with van der Waals surface area (Å²) in [6.45, 7) is 8.77. The predicted octanol–water partition coefficient (Wildman–Crippen LogP) is 4.39. The smallest absolute Gasteiger partial charge is 0.271 e. The topological polar surface area (TPSA) is 87.8 Å². The van der Waals surface area contributed by atoms with Gasteiger partial charge in [-0.15, -0.1) is 0 Å². The van der Waals surface area contributed by atoms with Crippen molar-refractivity contribution in [2.45, 2.75) is 45.6 Å². The van der Waals surface area contributed by atoms with Crippen molar-refractivity contribution in [2.24, 2.45) is 5.10 Å².